The number of likely N-dealkylation sites (N-methyl/N-ethyl adjacent to an activating group) is 2. The number of ether oxygens (including phenoxy) is 4. The molecular weight excluding hydrogens is 1160 g/mol. The van der Waals surface area contributed by atoms with Gasteiger partial charge in [-0.25, -0.2) is 0 Å². The Labute approximate surface area is 594 Å². The maximum absolute atomic E-state index is 6.91. The predicted molar refractivity (Wildman–Crippen MR) is 422 cm³/mol. The summed E-state index contributed by atoms with van der Waals surface area (Å²) < 4.78 is 26.9. The van der Waals surface area contributed by atoms with Gasteiger partial charge in [0.05, 0.1) is 13.2 Å². The zero-order valence-corrected chi connectivity index (χ0v) is 65.2. The molecule has 0 aromatic carbocycles. The number of nitrogens with zero attached hydrogens (tertiary/aromatic N) is 3. The summed E-state index contributed by atoms with van der Waals surface area (Å²) >= 11 is 0. The molecule has 2 atom stereocenters. The van der Waals surface area contributed by atoms with Gasteiger partial charge in [-0.15, -0.1) is 0 Å². The highest BCUT2D eigenvalue weighted by molar-refractivity contribution is 4.96. The first-order valence-corrected chi connectivity index (χ1v) is 41.3. The summed E-state index contributed by atoms with van der Waals surface area (Å²) in [5.41, 5.74) is 0. The molecule has 0 radical (unpaired) electrons. The number of hydrogen-bond donors (Lipinski definition) is 0. The fourth-order valence-corrected chi connectivity index (χ4v) is 13.3. The number of allylic oxidation sites excluding steroid dienone is 16. The Kier molecular flexibility index (Phi) is 65.6. The van der Waals surface area contributed by atoms with Gasteiger partial charge in [-0.05, 0) is 196 Å². The van der Waals surface area contributed by atoms with Crippen LogP contribution >= 0.6 is 0 Å². The average Bonchev–Trinajstić information content (AvgIpc) is 1.69. The molecule has 0 aliphatic carbocycles. The summed E-state index contributed by atoms with van der Waals surface area (Å²) in [5.74, 6) is -0.228. The third-order valence-electron chi connectivity index (χ3n) is 19.1. The molecule has 2 unspecified atom stereocenters. The predicted octanol–water partition coefficient (Wildman–Crippen LogP) is 26.3. The summed E-state index contributed by atoms with van der Waals surface area (Å²) in [6.07, 6.45) is 104. The van der Waals surface area contributed by atoms with E-state index in [9.17, 15) is 0 Å². The molecule has 0 N–H and O–H groups in total. The summed E-state index contributed by atoms with van der Waals surface area (Å²) in [4.78, 5) is 6.77. The normalized spacial score (nSPS) is 17.2. The molecule has 0 amide bonds. The lowest BCUT2D eigenvalue weighted by atomic mass is 9.97. The van der Waals surface area contributed by atoms with Gasteiger partial charge in [-0.1, -0.05) is 279 Å². The molecule has 2 rings (SSSR count). The zero-order valence-electron chi connectivity index (χ0n) is 65.2. The van der Waals surface area contributed by atoms with Crippen LogP contribution in [-0.2, 0) is 18.9 Å². The number of unbranched alkanes of at least 4 members (excludes halogenated alkanes) is 36. The molecule has 0 spiro atoms. The van der Waals surface area contributed by atoms with Crippen molar-refractivity contribution < 1.29 is 18.9 Å². The molecule has 0 bridgehead atoms. The molecule has 2 heterocycles. The molecule has 95 heavy (non-hydrogen) atoms. The Morgan fingerprint density at radius 3 is 0.695 bits per heavy atom. The van der Waals surface area contributed by atoms with E-state index >= 15 is 0 Å². The SMILES string of the molecule is CCCCC/C=C\C/C=C\CCCCCCCCC1(CCCCCCCC/C=C\C/C=C\CCCCC)OC(CN(C)C)C(CN(C)C)O1.CCCCC/C=C\C/C=C\CCCCCCCCC1(CCCCCCCC/C=C\C/C=C\CCCCC)OCC(CN(C)C)CO1. The third kappa shape index (κ3) is 59.1. The molecule has 2 saturated heterocycles. The fraction of sp³-hybridized carbons (Fsp3) is 0.818. The van der Waals surface area contributed by atoms with Crippen molar-refractivity contribution in [2.75, 3.05) is 75.1 Å². The molecule has 7 nitrogen and oxygen atoms in total. The van der Waals surface area contributed by atoms with Crippen molar-refractivity contribution in [1.29, 1.82) is 0 Å². The second-order valence-corrected chi connectivity index (χ2v) is 29.7. The maximum Gasteiger partial charge on any atom is 0.169 e. The maximum atomic E-state index is 6.91. The quantitative estimate of drug-likeness (QED) is 0.0444. The molecule has 2 aliphatic heterocycles. The highest BCUT2D eigenvalue weighted by atomic mass is 16.8. The van der Waals surface area contributed by atoms with E-state index in [1.807, 2.05) is 0 Å². The standard InChI is InChI=1S/C45H84N2O2.C43H79NO2/c1-7-9-11-13-15-17-19-21-23-25-27-29-31-33-35-37-39-45(48-43(41-46(3)4)44(49-45)42-47(5)6)40-38-36-34-32-30-28-26-24-22-20-18-16-14-12-10-8-2;1-5-7-9-11-13-15-17-19-21-23-25-27-29-31-33-35-37-43(45-40-42(41-46-43)39-44(3)4)38-36-34-32-30-28-26-24-22-20-18-16-14-12-10-8-6-2/h15-18,21-24,43-44H,7-14,19-20,25-42H2,1-6H3;13-16,19-22,42H,5-12,17-18,23-41H2,1-4H3/b17-15-,18-16-,23-21-,24-22-;15-13-,16-14-,21-19-,22-20-. The zero-order chi connectivity index (χ0) is 68.9. The summed E-state index contributed by atoms with van der Waals surface area (Å²) in [5, 5.41) is 0. The van der Waals surface area contributed by atoms with Crippen LogP contribution in [0.15, 0.2) is 97.2 Å². The van der Waals surface area contributed by atoms with Crippen LogP contribution in [0.4, 0.5) is 0 Å². The van der Waals surface area contributed by atoms with Crippen LogP contribution in [0.2, 0.25) is 0 Å². The van der Waals surface area contributed by atoms with E-state index in [0.29, 0.717) is 5.92 Å². The second-order valence-electron chi connectivity index (χ2n) is 29.7. The Hall–Kier alpha value is -2.36. The summed E-state index contributed by atoms with van der Waals surface area (Å²) in [6, 6.07) is 0. The topological polar surface area (TPSA) is 46.6 Å². The van der Waals surface area contributed by atoms with Crippen LogP contribution < -0.4 is 0 Å². The average molecular weight is 1330 g/mol. The monoisotopic (exact) mass is 1330 g/mol. The van der Waals surface area contributed by atoms with E-state index < -0.39 is 5.79 Å². The van der Waals surface area contributed by atoms with Crippen LogP contribution in [0.3, 0.4) is 0 Å². The van der Waals surface area contributed by atoms with Gasteiger partial charge in [0.2, 0.25) is 0 Å². The fourth-order valence-electron chi connectivity index (χ4n) is 13.3. The number of hydrogen-bond acceptors (Lipinski definition) is 7. The van der Waals surface area contributed by atoms with E-state index in [0.717, 1.165) is 84.2 Å². The lowest BCUT2D eigenvalue weighted by Gasteiger charge is -2.41. The molecule has 0 aromatic heterocycles. The Morgan fingerprint density at radius 2 is 0.463 bits per heavy atom. The molecule has 7 heteroatoms. The van der Waals surface area contributed by atoms with Gasteiger partial charge in [-0.3, -0.25) is 0 Å². The number of rotatable bonds is 66. The Bertz CT molecular complexity index is 1720. The van der Waals surface area contributed by atoms with Gasteiger partial charge in [-0.2, -0.15) is 0 Å². The third-order valence-corrected chi connectivity index (χ3v) is 19.1. The summed E-state index contributed by atoms with van der Waals surface area (Å²) in [6.45, 7) is 13.7. The second kappa shape index (κ2) is 68.8. The van der Waals surface area contributed by atoms with Crippen LogP contribution in [-0.4, -0.2) is 114 Å². The van der Waals surface area contributed by atoms with E-state index in [2.05, 4.69) is 182 Å². The van der Waals surface area contributed by atoms with E-state index in [1.54, 1.807) is 0 Å². The Morgan fingerprint density at radius 1 is 0.253 bits per heavy atom. The van der Waals surface area contributed by atoms with E-state index in [1.165, 1.54) is 283 Å². The highest BCUT2D eigenvalue weighted by Gasteiger charge is 2.47. The molecule has 0 saturated carbocycles. The van der Waals surface area contributed by atoms with Crippen molar-refractivity contribution >= 4 is 0 Å². The van der Waals surface area contributed by atoms with Crippen molar-refractivity contribution in [2.24, 2.45) is 5.92 Å². The minimum Gasteiger partial charge on any atom is -0.350 e. The molecule has 554 valence electrons. The van der Waals surface area contributed by atoms with E-state index in [-0.39, 0.29) is 18.0 Å². The largest absolute Gasteiger partial charge is 0.350 e. The van der Waals surface area contributed by atoms with Gasteiger partial charge in [0.15, 0.2) is 11.6 Å². The van der Waals surface area contributed by atoms with Gasteiger partial charge in [0, 0.05) is 51.2 Å². The van der Waals surface area contributed by atoms with Gasteiger partial charge < -0.3 is 33.6 Å². The molecule has 2 fully saturated rings. The molecule has 2 aliphatic rings. The van der Waals surface area contributed by atoms with Crippen LogP contribution in [0, 0.1) is 5.92 Å². The smallest absolute Gasteiger partial charge is 0.169 e. The van der Waals surface area contributed by atoms with Gasteiger partial charge in [0.25, 0.3) is 0 Å². The first-order chi connectivity index (χ1) is 46.5. The van der Waals surface area contributed by atoms with Crippen LogP contribution in [0.5, 0.6) is 0 Å². The van der Waals surface area contributed by atoms with Crippen LogP contribution in [0.1, 0.15) is 362 Å². The first kappa shape index (κ1) is 90.7. The highest BCUT2D eigenvalue weighted by Crippen LogP contribution is 2.39. The van der Waals surface area contributed by atoms with Gasteiger partial charge >= 0.3 is 0 Å². The lowest BCUT2D eigenvalue weighted by Crippen LogP contribution is -2.46. The van der Waals surface area contributed by atoms with E-state index in [4.69, 9.17) is 18.9 Å². The van der Waals surface area contributed by atoms with Crippen molar-refractivity contribution in [3.8, 4) is 0 Å². The Balaban J connectivity index is 0.000000952. The lowest BCUT2D eigenvalue weighted by molar-refractivity contribution is -0.290. The van der Waals surface area contributed by atoms with Crippen molar-refractivity contribution in [3.05, 3.63) is 97.2 Å². The molecule has 0 aromatic rings. The minimum atomic E-state index is -0.397. The van der Waals surface area contributed by atoms with Gasteiger partial charge in [0.1, 0.15) is 12.2 Å². The van der Waals surface area contributed by atoms with Crippen molar-refractivity contribution in [3.63, 3.8) is 0 Å². The van der Waals surface area contributed by atoms with Crippen molar-refractivity contribution in [2.45, 2.75) is 385 Å². The summed E-state index contributed by atoms with van der Waals surface area (Å²) in [7, 11) is 12.9. The van der Waals surface area contributed by atoms with Crippen molar-refractivity contribution in [1.82, 2.24) is 14.7 Å². The van der Waals surface area contributed by atoms with Crippen LogP contribution in [0.25, 0.3) is 0 Å². The minimum absolute atomic E-state index is 0.145. The first-order valence-electron chi connectivity index (χ1n) is 41.3. The molecular formula is C88H163N3O4.